The van der Waals surface area contributed by atoms with Crippen molar-refractivity contribution >= 4 is 11.4 Å². The van der Waals surface area contributed by atoms with Crippen LogP contribution < -0.4 is 4.90 Å². The van der Waals surface area contributed by atoms with Crippen LogP contribution in [0.1, 0.15) is 64.8 Å². The van der Waals surface area contributed by atoms with Crippen LogP contribution in [0.3, 0.4) is 0 Å². The summed E-state index contributed by atoms with van der Waals surface area (Å²) >= 11 is 0. The van der Waals surface area contributed by atoms with E-state index in [2.05, 4.69) is 273 Å². The summed E-state index contributed by atoms with van der Waals surface area (Å²) in [5, 5.41) is 0. The molecule has 362 valence electrons. The minimum Gasteiger partial charge on any atom is -0.314 e. The van der Waals surface area contributed by atoms with Crippen LogP contribution in [0.15, 0.2) is 316 Å². The molecule has 3 aliphatic carbocycles. The molecule has 1 unspecified atom stereocenters. The summed E-state index contributed by atoms with van der Waals surface area (Å²) in [6.45, 7) is 16.0. The molecular weight excluding hydrogens is 903 g/mol. The fourth-order valence-electron chi connectivity index (χ4n) is 12.0. The van der Waals surface area contributed by atoms with E-state index in [0.29, 0.717) is 5.92 Å². The monoisotopic (exact) mass is 963 g/mol. The molecule has 9 aromatic rings. The Kier molecular flexibility index (Phi) is 13.4. The predicted molar refractivity (Wildman–Crippen MR) is 319 cm³/mol. The molecule has 75 heavy (non-hydrogen) atoms. The minimum absolute atomic E-state index is 0.330. The van der Waals surface area contributed by atoms with Crippen molar-refractivity contribution in [2.24, 2.45) is 5.92 Å². The van der Waals surface area contributed by atoms with Crippen LogP contribution in [0.2, 0.25) is 0 Å². The first-order valence-electron chi connectivity index (χ1n) is 26.3. The number of fused-ring (bicyclic) bond motifs is 9. The van der Waals surface area contributed by atoms with Gasteiger partial charge >= 0.3 is 0 Å². The summed E-state index contributed by atoms with van der Waals surface area (Å²) < 4.78 is 0. The number of anilines is 2. The van der Waals surface area contributed by atoms with Gasteiger partial charge in [-0.1, -0.05) is 282 Å². The van der Waals surface area contributed by atoms with Crippen molar-refractivity contribution in [1.29, 1.82) is 0 Å². The lowest BCUT2D eigenvalue weighted by molar-refractivity contribution is 0.623. The quantitative estimate of drug-likeness (QED) is 0.104. The summed E-state index contributed by atoms with van der Waals surface area (Å²) in [6, 6.07) is 85.9. The summed E-state index contributed by atoms with van der Waals surface area (Å²) in [5.74, 6) is 0.330. The van der Waals surface area contributed by atoms with E-state index in [4.69, 9.17) is 0 Å². The summed E-state index contributed by atoms with van der Waals surface area (Å²) in [4.78, 5) is 2.42. The predicted octanol–water partition coefficient (Wildman–Crippen LogP) is 19.1. The zero-order valence-electron chi connectivity index (χ0n) is 42.9. The third kappa shape index (κ3) is 8.32. The molecule has 0 amide bonds. The fraction of sp³-hybridized carbons (Fsp3) is 0.0811. The first kappa shape index (κ1) is 48.2. The maximum Gasteiger partial charge on any atom is 0.0720 e. The molecule has 0 N–H and O–H groups in total. The summed E-state index contributed by atoms with van der Waals surface area (Å²) in [7, 11) is 0. The van der Waals surface area contributed by atoms with Crippen molar-refractivity contribution in [2.75, 3.05) is 4.90 Å². The molecule has 3 aliphatic rings. The van der Waals surface area contributed by atoms with Crippen molar-refractivity contribution in [2.45, 2.75) is 31.1 Å². The van der Waals surface area contributed by atoms with Crippen LogP contribution in [-0.2, 0) is 10.8 Å². The number of benzene rings is 9. The Balaban J connectivity index is 0.00000298. The summed E-state index contributed by atoms with van der Waals surface area (Å²) in [6.07, 6.45) is 17.3. The highest BCUT2D eigenvalue weighted by Crippen LogP contribution is 2.64. The standard InChI is InChI=1S/C72H55N.C2H6/c1-4-5-23-51(2)52(3)24-15-16-25-53-48-62(49-53)73(60-43-38-55(39-44-60)54-26-9-6-10-27-54)61-45-40-56(41-46-61)57-42-47-66-64(50-57)63-32-17-18-33-65(63)72(66)69-36-21-19-34-67(69)71(58-28-11-7-12-29-58,59-30-13-8-14-31-59)68-35-20-22-37-70(68)72;1-2/h4-48,50,53H,1-3,49H2;1-2H3/b23-5-,24-15-,25-16-;. The molecule has 1 heteroatoms. The van der Waals surface area contributed by atoms with Gasteiger partial charge in [0.2, 0.25) is 0 Å². The Morgan fingerprint density at radius 3 is 1.37 bits per heavy atom. The topological polar surface area (TPSA) is 3.24 Å². The van der Waals surface area contributed by atoms with E-state index in [1.807, 2.05) is 38.2 Å². The third-order valence-electron chi connectivity index (χ3n) is 15.4. The van der Waals surface area contributed by atoms with Crippen molar-refractivity contribution in [3.63, 3.8) is 0 Å². The highest BCUT2D eigenvalue weighted by molar-refractivity contribution is 5.92. The number of allylic oxidation sites excluding steroid dienone is 11. The van der Waals surface area contributed by atoms with Gasteiger partial charge < -0.3 is 4.90 Å². The molecule has 9 aromatic carbocycles. The van der Waals surface area contributed by atoms with Gasteiger partial charge in [0.1, 0.15) is 0 Å². The third-order valence-corrected chi connectivity index (χ3v) is 15.4. The lowest BCUT2D eigenvalue weighted by atomic mass is 9.51. The maximum atomic E-state index is 4.17. The van der Waals surface area contributed by atoms with Crippen LogP contribution >= 0.6 is 0 Å². The van der Waals surface area contributed by atoms with Crippen molar-refractivity contribution in [1.82, 2.24) is 0 Å². The Bertz CT molecular complexity index is 3590. The highest BCUT2D eigenvalue weighted by Gasteiger charge is 2.56. The van der Waals surface area contributed by atoms with E-state index in [0.717, 1.165) is 28.9 Å². The molecule has 0 aromatic heterocycles. The van der Waals surface area contributed by atoms with Gasteiger partial charge in [-0.15, -0.1) is 0 Å². The largest absolute Gasteiger partial charge is 0.314 e. The van der Waals surface area contributed by atoms with Gasteiger partial charge in [-0.05, 0) is 126 Å². The second-order valence-corrected chi connectivity index (χ2v) is 19.3. The van der Waals surface area contributed by atoms with Crippen molar-refractivity contribution in [3.05, 3.63) is 360 Å². The van der Waals surface area contributed by atoms with E-state index in [9.17, 15) is 0 Å². The zero-order valence-corrected chi connectivity index (χ0v) is 42.9. The number of hydrogen-bond acceptors (Lipinski definition) is 1. The molecule has 1 spiro atoms. The van der Waals surface area contributed by atoms with Gasteiger partial charge in [-0.3, -0.25) is 0 Å². The molecule has 0 bridgehead atoms. The molecule has 1 atom stereocenters. The molecule has 0 aliphatic heterocycles. The first-order chi connectivity index (χ1) is 37.0. The maximum absolute atomic E-state index is 4.17. The van der Waals surface area contributed by atoms with Crippen LogP contribution in [0.5, 0.6) is 0 Å². The Morgan fingerprint density at radius 1 is 0.427 bits per heavy atom. The molecule has 0 heterocycles. The van der Waals surface area contributed by atoms with Crippen LogP contribution in [-0.4, -0.2) is 0 Å². The second-order valence-electron chi connectivity index (χ2n) is 19.3. The van der Waals surface area contributed by atoms with Gasteiger partial charge in [0.05, 0.1) is 10.8 Å². The molecule has 1 nitrogen and oxygen atoms in total. The van der Waals surface area contributed by atoms with E-state index < -0.39 is 10.8 Å². The molecule has 0 saturated carbocycles. The molecule has 0 fully saturated rings. The first-order valence-corrected chi connectivity index (χ1v) is 26.3. The Labute approximate surface area is 444 Å². The Morgan fingerprint density at radius 2 is 0.840 bits per heavy atom. The van der Waals surface area contributed by atoms with Crippen LogP contribution in [0, 0.1) is 5.92 Å². The van der Waals surface area contributed by atoms with Crippen LogP contribution in [0.25, 0.3) is 33.4 Å². The molecule has 12 rings (SSSR count). The van der Waals surface area contributed by atoms with Gasteiger partial charge in [-0.25, -0.2) is 0 Å². The summed E-state index contributed by atoms with van der Waals surface area (Å²) in [5.41, 5.74) is 22.0. The molecule has 0 saturated heterocycles. The van der Waals surface area contributed by atoms with Crippen molar-refractivity contribution < 1.29 is 0 Å². The highest BCUT2D eigenvalue weighted by atomic mass is 15.2. The average molecular weight is 964 g/mol. The second kappa shape index (κ2) is 20.8. The minimum atomic E-state index is -0.530. The van der Waals surface area contributed by atoms with Gasteiger partial charge in [-0.2, -0.15) is 0 Å². The van der Waals surface area contributed by atoms with E-state index in [1.54, 1.807) is 6.08 Å². The number of hydrogen-bond donors (Lipinski definition) is 0. The van der Waals surface area contributed by atoms with E-state index >= 15 is 0 Å². The van der Waals surface area contributed by atoms with E-state index in [-0.39, 0.29) is 0 Å². The average Bonchev–Trinajstić information content (AvgIpc) is 3.76. The van der Waals surface area contributed by atoms with Gasteiger partial charge in [0.25, 0.3) is 0 Å². The number of rotatable bonds is 13. The zero-order chi connectivity index (χ0) is 51.4. The molecular formula is C74H61N. The lowest BCUT2D eigenvalue weighted by Gasteiger charge is -2.50. The fourth-order valence-corrected chi connectivity index (χ4v) is 12.0. The van der Waals surface area contributed by atoms with Gasteiger partial charge in [0.15, 0.2) is 0 Å². The van der Waals surface area contributed by atoms with Gasteiger partial charge in [0, 0.05) is 23.0 Å². The lowest BCUT2D eigenvalue weighted by Crippen LogP contribution is -2.44. The number of nitrogens with zero attached hydrogens (tertiary/aromatic N) is 1. The van der Waals surface area contributed by atoms with Crippen LogP contribution in [0.4, 0.5) is 11.4 Å². The molecule has 0 radical (unpaired) electrons. The van der Waals surface area contributed by atoms with E-state index in [1.165, 1.54) is 83.6 Å². The normalized spacial score (nSPS) is 15.2. The SMILES string of the molecule is C=C/C=C\C(=C)C(=C)/C=C\C=C/C1C=C(N(c2ccc(-c3ccccc3)cc2)c2ccc(-c3ccc4c(c3)-c3ccccc3C43c4ccccc4C(c4ccccc4)(c4ccccc4)c4ccccc43)cc2)C1.CC. The Hall–Kier alpha value is -9.04. The van der Waals surface area contributed by atoms with Crippen molar-refractivity contribution in [3.8, 4) is 33.4 Å². The smallest absolute Gasteiger partial charge is 0.0720 e.